The molecule has 0 aromatic carbocycles. The van der Waals surface area contributed by atoms with Gasteiger partial charge in [0, 0.05) is 12.8 Å². The molecule has 34 heavy (non-hydrogen) atoms. The maximum Gasteiger partial charge on any atom is 0.306 e. The zero-order chi connectivity index (χ0) is 25.1. The zero-order valence-corrected chi connectivity index (χ0v) is 22.7. The van der Waals surface area contributed by atoms with E-state index in [0.717, 1.165) is 38.5 Å². The number of hydrogen-bond donors (Lipinski definition) is 1. The molecule has 0 heterocycles. The van der Waals surface area contributed by atoms with Crippen molar-refractivity contribution in [1.82, 2.24) is 0 Å². The van der Waals surface area contributed by atoms with Crippen molar-refractivity contribution in [2.45, 2.75) is 168 Å². The van der Waals surface area contributed by atoms with E-state index in [1.165, 1.54) is 96.3 Å². The highest BCUT2D eigenvalue weighted by Gasteiger charge is 2.09. The first-order valence-electron chi connectivity index (χ1n) is 14.6. The van der Waals surface area contributed by atoms with Crippen LogP contribution in [-0.2, 0) is 14.3 Å². The van der Waals surface area contributed by atoms with Gasteiger partial charge in [0.1, 0.15) is 0 Å². The number of aliphatic carboxylic acids is 1. The van der Waals surface area contributed by atoms with Crippen LogP contribution in [0.15, 0.2) is 12.2 Å². The Hall–Kier alpha value is -1.32. The molecule has 0 saturated heterocycles. The van der Waals surface area contributed by atoms with Crippen molar-refractivity contribution in [1.29, 1.82) is 0 Å². The fourth-order valence-electron chi connectivity index (χ4n) is 4.26. The van der Waals surface area contributed by atoms with Crippen molar-refractivity contribution in [2.75, 3.05) is 0 Å². The van der Waals surface area contributed by atoms with Crippen LogP contribution in [0.4, 0.5) is 0 Å². The average Bonchev–Trinajstić information content (AvgIpc) is 2.80. The van der Waals surface area contributed by atoms with Gasteiger partial charge in [0.05, 0.1) is 6.10 Å². The number of carbonyl (C=O) groups is 2. The smallest absolute Gasteiger partial charge is 0.306 e. The van der Waals surface area contributed by atoms with E-state index in [2.05, 4.69) is 19.1 Å². The second-order valence-corrected chi connectivity index (χ2v) is 10.0. The molecule has 0 aromatic rings. The Morgan fingerprint density at radius 2 is 1.09 bits per heavy atom. The van der Waals surface area contributed by atoms with Crippen molar-refractivity contribution < 1.29 is 19.4 Å². The van der Waals surface area contributed by atoms with E-state index in [0.29, 0.717) is 12.8 Å². The number of carbonyl (C=O) groups excluding carboxylic acids is 1. The molecule has 0 aliphatic rings. The van der Waals surface area contributed by atoms with Crippen LogP contribution in [0, 0.1) is 0 Å². The third kappa shape index (κ3) is 26.9. The summed E-state index contributed by atoms with van der Waals surface area (Å²) in [5.41, 5.74) is 0. The molecule has 0 radical (unpaired) electrons. The summed E-state index contributed by atoms with van der Waals surface area (Å²) < 4.78 is 5.57. The van der Waals surface area contributed by atoms with Crippen LogP contribution < -0.4 is 0 Å². The molecule has 4 heteroatoms. The van der Waals surface area contributed by atoms with Gasteiger partial charge in [-0.25, -0.2) is 0 Å². The van der Waals surface area contributed by atoms with Crippen molar-refractivity contribution in [3.63, 3.8) is 0 Å². The second-order valence-electron chi connectivity index (χ2n) is 10.0. The van der Waals surface area contributed by atoms with Gasteiger partial charge in [-0.05, 0) is 51.9 Å². The molecule has 0 bridgehead atoms. The first kappa shape index (κ1) is 32.7. The van der Waals surface area contributed by atoms with Gasteiger partial charge in [0.2, 0.25) is 0 Å². The first-order chi connectivity index (χ1) is 16.6. The van der Waals surface area contributed by atoms with Crippen molar-refractivity contribution >= 4 is 11.9 Å². The summed E-state index contributed by atoms with van der Waals surface area (Å²) in [6.07, 6.45) is 30.5. The molecule has 0 rings (SSSR count). The Balaban J connectivity index is 3.34. The number of unbranched alkanes of at least 4 members (excludes halogenated alkanes) is 17. The van der Waals surface area contributed by atoms with Gasteiger partial charge in [-0.1, -0.05) is 109 Å². The first-order valence-corrected chi connectivity index (χ1v) is 14.6. The summed E-state index contributed by atoms with van der Waals surface area (Å²) >= 11 is 0. The van der Waals surface area contributed by atoms with Crippen LogP contribution in [0.25, 0.3) is 0 Å². The molecule has 0 saturated carbocycles. The predicted octanol–water partition coefficient (Wildman–Crippen LogP) is 9.55. The summed E-state index contributed by atoms with van der Waals surface area (Å²) in [6.45, 7) is 4.26. The largest absolute Gasteiger partial charge is 0.481 e. The molecule has 0 aliphatic carbocycles. The van der Waals surface area contributed by atoms with E-state index in [4.69, 9.17) is 9.84 Å². The Labute approximate surface area is 211 Å². The fourth-order valence-corrected chi connectivity index (χ4v) is 4.26. The maximum atomic E-state index is 12.0. The molecule has 4 nitrogen and oxygen atoms in total. The maximum absolute atomic E-state index is 12.0. The molecule has 1 atom stereocenters. The molecular weight excluding hydrogens is 424 g/mol. The van der Waals surface area contributed by atoms with Crippen LogP contribution in [0.1, 0.15) is 162 Å². The molecule has 0 spiro atoms. The molecule has 0 aromatic heterocycles. The lowest BCUT2D eigenvalue weighted by molar-refractivity contribution is -0.148. The van der Waals surface area contributed by atoms with Gasteiger partial charge < -0.3 is 9.84 Å². The normalized spacial score (nSPS) is 12.3. The van der Waals surface area contributed by atoms with Gasteiger partial charge in [0.25, 0.3) is 0 Å². The van der Waals surface area contributed by atoms with E-state index in [-0.39, 0.29) is 12.1 Å². The van der Waals surface area contributed by atoms with Gasteiger partial charge in [0.15, 0.2) is 0 Å². The van der Waals surface area contributed by atoms with Crippen LogP contribution >= 0.6 is 0 Å². The fraction of sp³-hybridized carbons (Fsp3) is 0.867. The number of carboxylic acid groups (broad SMARTS) is 1. The summed E-state index contributed by atoms with van der Waals surface area (Å²) in [5, 5.41) is 8.61. The molecule has 1 unspecified atom stereocenters. The van der Waals surface area contributed by atoms with Crippen LogP contribution in [0.5, 0.6) is 0 Å². The van der Waals surface area contributed by atoms with Gasteiger partial charge >= 0.3 is 11.9 Å². The quantitative estimate of drug-likeness (QED) is 0.0760. The third-order valence-corrected chi connectivity index (χ3v) is 6.48. The summed E-state index contributed by atoms with van der Waals surface area (Å²) in [4.78, 5) is 22.5. The molecule has 0 aliphatic heterocycles. The number of allylic oxidation sites excluding steroid dienone is 2. The number of carboxylic acids is 1. The molecule has 0 fully saturated rings. The molecule has 1 N–H and O–H groups in total. The molecule has 200 valence electrons. The predicted molar refractivity (Wildman–Crippen MR) is 144 cm³/mol. The minimum absolute atomic E-state index is 0.0192. The summed E-state index contributed by atoms with van der Waals surface area (Å²) in [7, 11) is 0. The highest BCUT2D eigenvalue weighted by molar-refractivity contribution is 5.69. The van der Waals surface area contributed by atoms with E-state index < -0.39 is 5.97 Å². The average molecular weight is 481 g/mol. The number of rotatable bonds is 26. The minimum Gasteiger partial charge on any atom is -0.481 e. The van der Waals surface area contributed by atoms with Crippen molar-refractivity contribution in [3.8, 4) is 0 Å². The van der Waals surface area contributed by atoms with Crippen LogP contribution in [0.2, 0.25) is 0 Å². The van der Waals surface area contributed by atoms with Gasteiger partial charge in [-0.3, -0.25) is 9.59 Å². The van der Waals surface area contributed by atoms with Crippen molar-refractivity contribution in [3.05, 3.63) is 12.2 Å². The van der Waals surface area contributed by atoms with Crippen LogP contribution in [0.3, 0.4) is 0 Å². The lowest BCUT2D eigenvalue weighted by Gasteiger charge is -2.13. The minimum atomic E-state index is -0.675. The third-order valence-electron chi connectivity index (χ3n) is 6.48. The number of ether oxygens (including phenoxy) is 1. The Morgan fingerprint density at radius 1 is 0.647 bits per heavy atom. The summed E-state index contributed by atoms with van der Waals surface area (Å²) in [5.74, 6) is -0.695. The molecular formula is C30H56O4. The Kier molecular flexibility index (Phi) is 25.3. The highest BCUT2D eigenvalue weighted by atomic mass is 16.5. The Bertz CT molecular complexity index is 486. The number of hydrogen-bond acceptors (Lipinski definition) is 3. The SMILES string of the molecule is CCCC/C=C\CCCCCCCC(=O)OC(C)CCCCCCCCCCCCCC(=O)O. The zero-order valence-electron chi connectivity index (χ0n) is 22.7. The standard InChI is InChI=1S/C30H56O4/c1-3-4-5-6-7-8-10-15-18-21-24-27-30(33)34-28(2)25-22-19-16-13-11-9-12-14-17-20-23-26-29(31)32/h6-7,28H,3-5,8-27H2,1-2H3,(H,31,32)/b7-6-. The lowest BCUT2D eigenvalue weighted by Crippen LogP contribution is -2.14. The summed E-state index contributed by atoms with van der Waals surface area (Å²) in [6, 6.07) is 0. The molecule has 0 amide bonds. The second kappa shape index (κ2) is 26.3. The monoisotopic (exact) mass is 480 g/mol. The Morgan fingerprint density at radius 3 is 1.62 bits per heavy atom. The lowest BCUT2D eigenvalue weighted by atomic mass is 10.0. The van der Waals surface area contributed by atoms with Gasteiger partial charge in [-0.2, -0.15) is 0 Å². The highest BCUT2D eigenvalue weighted by Crippen LogP contribution is 2.14. The van der Waals surface area contributed by atoms with E-state index in [9.17, 15) is 9.59 Å². The van der Waals surface area contributed by atoms with E-state index in [1.54, 1.807) is 0 Å². The van der Waals surface area contributed by atoms with Crippen LogP contribution in [-0.4, -0.2) is 23.1 Å². The van der Waals surface area contributed by atoms with Gasteiger partial charge in [-0.15, -0.1) is 0 Å². The van der Waals surface area contributed by atoms with E-state index >= 15 is 0 Å². The van der Waals surface area contributed by atoms with Crippen molar-refractivity contribution in [2.24, 2.45) is 0 Å². The topological polar surface area (TPSA) is 63.6 Å². The van der Waals surface area contributed by atoms with E-state index in [1.807, 2.05) is 6.92 Å². The number of esters is 1.